The van der Waals surface area contributed by atoms with Crippen LogP contribution < -0.4 is 5.32 Å². The molecule has 0 aliphatic heterocycles. The third kappa shape index (κ3) is 2.93. The number of hydrogen-bond donors (Lipinski definition) is 1. The summed E-state index contributed by atoms with van der Waals surface area (Å²) in [7, 11) is 0. The lowest BCUT2D eigenvalue weighted by Gasteiger charge is -2.28. The van der Waals surface area contributed by atoms with Crippen LogP contribution in [0.15, 0.2) is 72.8 Å². The van der Waals surface area contributed by atoms with Gasteiger partial charge in [-0.2, -0.15) is 0 Å². The van der Waals surface area contributed by atoms with Gasteiger partial charge in [0.2, 0.25) is 5.91 Å². The molecule has 0 spiro atoms. The second-order valence-electron chi connectivity index (χ2n) is 6.98. The van der Waals surface area contributed by atoms with Crippen molar-refractivity contribution in [2.24, 2.45) is 0 Å². The van der Waals surface area contributed by atoms with Gasteiger partial charge < -0.3 is 5.32 Å². The summed E-state index contributed by atoms with van der Waals surface area (Å²) in [6.07, 6.45) is 4.13. The van der Waals surface area contributed by atoms with E-state index in [0.717, 1.165) is 31.2 Å². The molecule has 1 amide bonds. The average molecular weight is 329 g/mol. The summed E-state index contributed by atoms with van der Waals surface area (Å²) in [5.41, 5.74) is 1.97. The molecule has 0 atom stereocenters. The highest BCUT2D eigenvalue weighted by atomic mass is 16.2. The van der Waals surface area contributed by atoms with Crippen molar-refractivity contribution in [2.45, 2.75) is 37.6 Å². The molecule has 0 bridgehead atoms. The Morgan fingerprint density at radius 2 is 1.52 bits per heavy atom. The van der Waals surface area contributed by atoms with Crippen LogP contribution >= 0.6 is 0 Å². The second-order valence-corrected chi connectivity index (χ2v) is 6.98. The summed E-state index contributed by atoms with van der Waals surface area (Å²) in [6, 6.07) is 24.9. The fourth-order valence-electron chi connectivity index (χ4n) is 4.17. The number of benzene rings is 3. The SMILES string of the molecule is O=C(NCc1cccc2ccccc12)C1(c2ccccc2)CCCC1. The third-order valence-corrected chi connectivity index (χ3v) is 5.54. The lowest BCUT2D eigenvalue weighted by Crippen LogP contribution is -2.42. The largest absolute Gasteiger partial charge is 0.351 e. The van der Waals surface area contributed by atoms with E-state index in [9.17, 15) is 4.79 Å². The van der Waals surface area contributed by atoms with Gasteiger partial charge in [-0.3, -0.25) is 4.79 Å². The Balaban J connectivity index is 1.58. The third-order valence-electron chi connectivity index (χ3n) is 5.54. The molecule has 1 aliphatic carbocycles. The molecule has 0 saturated heterocycles. The maximum atomic E-state index is 13.2. The van der Waals surface area contributed by atoms with Crippen LogP contribution in [0.3, 0.4) is 0 Å². The van der Waals surface area contributed by atoms with Gasteiger partial charge in [0.25, 0.3) is 0 Å². The molecule has 3 aromatic carbocycles. The first-order valence-electron chi connectivity index (χ1n) is 9.10. The van der Waals surface area contributed by atoms with Gasteiger partial charge >= 0.3 is 0 Å². The predicted octanol–water partition coefficient (Wildman–Crippen LogP) is 4.97. The van der Waals surface area contributed by atoms with E-state index < -0.39 is 0 Å². The smallest absolute Gasteiger partial charge is 0.230 e. The van der Waals surface area contributed by atoms with Crippen LogP contribution in [0.2, 0.25) is 0 Å². The Bertz CT molecular complexity index is 873. The summed E-state index contributed by atoms with van der Waals surface area (Å²) in [5, 5.41) is 5.66. The van der Waals surface area contributed by atoms with E-state index in [4.69, 9.17) is 0 Å². The first-order chi connectivity index (χ1) is 12.3. The number of amides is 1. The number of nitrogens with one attached hydrogen (secondary N) is 1. The molecular formula is C23H23NO. The van der Waals surface area contributed by atoms with Crippen molar-refractivity contribution < 1.29 is 4.79 Å². The molecule has 25 heavy (non-hydrogen) atoms. The molecule has 126 valence electrons. The lowest BCUT2D eigenvalue weighted by atomic mass is 9.78. The molecule has 1 aliphatic rings. The maximum Gasteiger partial charge on any atom is 0.230 e. The Labute approximate surface area is 148 Å². The molecule has 1 fully saturated rings. The van der Waals surface area contributed by atoms with Crippen LogP contribution in [0.5, 0.6) is 0 Å². The minimum absolute atomic E-state index is 0.170. The molecule has 0 aromatic heterocycles. The standard InChI is InChI=1S/C23H23NO/c25-22(23(15-6-7-16-23)20-12-2-1-3-13-20)24-17-19-11-8-10-18-9-4-5-14-21(18)19/h1-5,8-14H,6-7,15-17H2,(H,24,25). The highest BCUT2D eigenvalue weighted by molar-refractivity contribution is 5.90. The van der Waals surface area contributed by atoms with E-state index in [2.05, 4.69) is 53.8 Å². The molecule has 0 heterocycles. The fourth-order valence-corrected chi connectivity index (χ4v) is 4.17. The summed E-state index contributed by atoms with van der Waals surface area (Å²) in [6.45, 7) is 0.578. The summed E-state index contributed by atoms with van der Waals surface area (Å²) in [4.78, 5) is 13.2. The minimum Gasteiger partial charge on any atom is -0.351 e. The second kappa shape index (κ2) is 6.72. The Morgan fingerprint density at radius 3 is 2.32 bits per heavy atom. The first kappa shape index (κ1) is 15.9. The maximum absolute atomic E-state index is 13.2. The van der Waals surface area contributed by atoms with E-state index in [1.54, 1.807) is 0 Å². The van der Waals surface area contributed by atoms with Crippen molar-refractivity contribution in [1.82, 2.24) is 5.32 Å². The van der Waals surface area contributed by atoms with E-state index in [1.807, 2.05) is 24.3 Å². The highest BCUT2D eigenvalue weighted by Crippen LogP contribution is 2.41. The fraction of sp³-hybridized carbons (Fsp3) is 0.261. The number of hydrogen-bond acceptors (Lipinski definition) is 1. The van der Waals surface area contributed by atoms with Gasteiger partial charge in [0.1, 0.15) is 0 Å². The van der Waals surface area contributed by atoms with Crippen LogP contribution in [0.25, 0.3) is 10.8 Å². The number of rotatable bonds is 4. The summed E-state index contributed by atoms with van der Waals surface area (Å²) in [5.74, 6) is 0.170. The molecule has 0 unspecified atom stereocenters. The number of carbonyl (C=O) groups excluding carboxylic acids is 1. The van der Waals surface area contributed by atoms with Gasteiger partial charge in [0, 0.05) is 6.54 Å². The molecule has 1 N–H and O–H groups in total. The number of carbonyl (C=O) groups is 1. The highest BCUT2D eigenvalue weighted by Gasteiger charge is 2.42. The molecule has 4 rings (SSSR count). The van der Waals surface area contributed by atoms with Crippen molar-refractivity contribution in [2.75, 3.05) is 0 Å². The predicted molar refractivity (Wildman–Crippen MR) is 102 cm³/mol. The van der Waals surface area contributed by atoms with E-state index in [1.165, 1.54) is 16.3 Å². The monoisotopic (exact) mass is 329 g/mol. The summed E-state index contributed by atoms with van der Waals surface area (Å²) >= 11 is 0. The quantitative estimate of drug-likeness (QED) is 0.719. The lowest BCUT2D eigenvalue weighted by molar-refractivity contribution is -0.126. The van der Waals surface area contributed by atoms with Gasteiger partial charge in [-0.1, -0.05) is 85.6 Å². The van der Waals surface area contributed by atoms with Crippen LogP contribution in [-0.4, -0.2) is 5.91 Å². The van der Waals surface area contributed by atoms with Gasteiger partial charge in [-0.25, -0.2) is 0 Å². The van der Waals surface area contributed by atoms with Crippen LogP contribution in [0.4, 0.5) is 0 Å². The minimum atomic E-state index is -0.355. The molecule has 2 heteroatoms. The van der Waals surface area contributed by atoms with Crippen LogP contribution in [0, 0.1) is 0 Å². The van der Waals surface area contributed by atoms with E-state index in [-0.39, 0.29) is 11.3 Å². The van der Waals surface area contributed by atoms with Crippen molar-refractivity contribution >= 4 is 16.7 Å². The van der Waals surface area contributed by atoms with Gasteiger partial charge in [-0.15, -0.1) is 0 Å². The van der Waals surface area contributed by atoms with Gasteiger partial charge in [0.05, 0.1) is 5.41 Å². The van der Waals surface area contributed by atoms with Crippen molar-refractivity contribution in [3.05, 3.63) is 83.9 Å². The normalized spacial score (nSPS) is 16.0. The molecule has 3 aromatic rings. The Morgan fingerprint density at radius 1 is 0.840 bits per heavy atom. The topological polar surface area (TPSA) is 29.1 Å². The first-order valence-corrected chi connectivity index (χ1v) is 9.10. The Hall–Kier alpha value is -2.61. The molecule has 2 nitrogen and oxygen atoms in total. The van der Waals surface area contributed by atoms with Gasteiger partial charge in [0.15, 0.2) is 0 Å². The van der Waals surface area contributed by atoms with Crippen molar-refractivity contribution in [1.29, 1.82) is 0 Å². The molecular weight excluding hydrogens is 306 g/mol. The summed E-state index contributed by atoms with van der Waals surface area (Å²) < 4.78 is 0. The van der Waals surface area contributed by atoms with Crippen LogP contribution in [0.1, 0.15) is 36.8 Å². The van der Waals surface area contributed by atoms with Crippen molar-refractivity contribution in [3.8, 4) is 0 Å². The van der Waals surface area contributed by atoms with E-state index in [0.29, 0.717) is 6.54 Å². The number of fused-ring (bicyclic) bond motifs is 1. The average Bonchev–Trinajstić information content (AvgIpc) is 3.18. The zero-order valence-electron chi connectivity index (χ0n) is 14.4. The molecule has 1 saturated carbocycles. The van der Waals surface area contributed by atoms with Crippen molar-refractivity contribution in [3.63, 3.8) is 0 Å². The Kier molecular flexibility index (Phi) is 4.27. The van der Waals surface area contributed by atoms with Crippen LogP contribution in [-0.2, 0) is 16.8 Å². The molecule has 0 radical (unpaired) electrons. The van der Waals surface area contributed by atoms with Gasteiger partial charge in [-0.05, 0) is 34.7 Å². The zero-order chi connectivity index (χ0) is 17.1. The zero-order valence-corrected chi connectivity index (χ0v) is 14.4. The van der Waals surface area contributed by atoms with E-state index >= 15 is 0 Å².